The van der Waals surface area contributed by atoms with E-state index in [9.17, 15) is 0 Å². The van der Waals surface area contributed by atoms with Gasteiger partial charge in [-0.1, -0.05) is 48.8 Å². The van der Waals surface area contributed by atoms with E-state index in [1.54, 1.807) is 6.92 Å². The molecule has 180 valence electrons. The molecule has 16 radical (unpaired) electrons. The van der Waals surface area contributed by atoms with Gasteiger partial charge in [-0.15, -0.1) is 5.52 Å². The van der Waals surface area contributed by atoms with E-state index in [0.717, 1.165) is 11.3 Å². The largest absolute Gasteiger partial charge is 0.756 e. The summed E-state index contributed by atoms with van der Waals surface area (Å²) >= 11 is 0. The van der Waals surface area contributed by atoms with Crippen molar-refractivity contribution in [2.24, 2.45) is 0 Å². The van der Waals surface area contributed by atoms with Crippen LogP contribution in [-0.2, 0) is 410 Å². The van der Waals surface area contributed by atoms with Crippen LogP contribution in [0, 0.1) is 40.1 Å². The fraction of sp³-hybridized carbons (Fsp3) is 0.133. The molecule has 0 fully saturated rings. The summed E-state index contributed by atoms with van der Waals surface area (Å²) in [6, 6.07) is 0. The van der Waals surface area contributed by atoms with Crippen molar-refractivity contribution in [1.82, 2.24) is 19.9 Å². The number of nitrogens with one attached hydrogen (secondary N) is 1. The van der Waals surface area contributed by atoms with Crippen molar-refractivity contribution in [3.63, 3.8) is 0 Å². The van der Waals surface area contributed by atoms with E-state index in [2.05, 4.69) is 46.2 Å². The van der Waals surface area contributed by atoms with Gasteiger partial charge in [-0.3, -0.25) is 0 Å². The molecule has 5 N–H and O–H groups in total. The van der Waals surface area contributed by atoms with Crippen LogP contribution in [0.25, 0.3) is 16.8 Å². The second kappa shape index (κ2) is 54.2. The quantitative estimate of drug-likeness (QED) is 0.333. The number of hydrogen-bond donors (Lipinski definition) is 2. The Labute approximate surface area is 524 Å². The molecule has 3 aromatic heterocycles. The summed E-state index contributed by atoms with van der Waals surface area (Å²) in [7, 11) is 0. The SMILES string of the molecule is [CH2-]c1c(C)n[c-]c(N)c1[NH-].[CH2-]c1c(C)n[c-]c2nc(N)[n-]c12.[V].[V].[V].[V].[V].[V].[V].[V].[Y].[Y].[Y].[Y].[Y].[Y].[Y].[Y]. The molecule has 23 heteroatoms. The number of nitrogens with zero attached hydrogens (tertiary/aromatic N) is 4. The Hall–Kier alpha value is 10.4. The first-order valence-electron chi connectivity index (χ1n) is 6.32. The van der Waals surface area contributed by atoms with Crippen molar-refractivity contribution in [1.29, 1.82) is 0 Å². The Balaban J connectivity index is -0.0000000152. The third-order valence-corrected chi connectivity index (χ3v) is 3.08. The van der Waals surface area contributed by atoms with Gasteiger partial charge in [0.25, 0.3) is 0 Å². The maximum Gasteiger partial charge on any atom is 0 e. The Morgan fingerprint density at radius 3 is 1.37 bits per heavy atom. The number of imidazole rings is 1. The van der Waals surface area contributed by atoms with Crippen molar-refractivity contribution in [3.05, 3.63) is 54.5 Å². The Kier molecular flexibility index (Phi) is 139. The number of nitrogen functional groups attached to an aromatic ring is 2. The van der Waals surface area contributed by atoms with Crippen LogP contribution in [0.15, 0.2) is 0 Å². The summed E-state index contributed by atoms with van der Waals surface area (Å²) in [5, 5.41) is 0. The van der Waals surface area contributed by atoms with Gasteiger partial charge in [-0.2, -0.15) is 25.0 Å². The van der Waals surface area contributed by atoms with Gasteiger partial charge < -0.3 is 37.1 Å². The molecule has 0 aliphatic carbocycles. The van der Waals surface area contributed by atoms with Crippen LogP contribution in [0.2, 0.25) is 0 Å². The van der Waals surface area contributed by atoms with Crippen LogP contribution in [0.3, 0.4) is 0 Å². The van der Waals surface area contributed by atoms with E-state index >= 15 is 0 Å². The third-order valence-electron chi connectivity index (χ3n) is 3.08. The number of aryl methyl sites for hydroxylation is 2. The first kappa shape index (κ1) is 97.5. The maximum absolute atomic E-state index is 7.33. The summed E-state index contributed by atoms with van der Waals surface area (Å²) in [5.41, 5.74) is 22.7. The molecule has 38 heavy (non-hydrogen) atoms. The first-order chi connectivity index (χ1) is 10.3. The minimum absolute atomic E-state index is 0. The Bertz CT molecular complexity index is 847. The van der Waals surface area contributed by atoms with Gasteiger partial charge in [0.2, 0.25) is 0 Å². The number of pyridine rings is 2. The van der Waals surface area contributed by atoms with E-state index in [0.29, 0.717) is 22.3 Å². The summed E-state index contributed by atoms with van der Waals surface area (Å²) < 4.78 is 0. The molecule has 0 bridgehead atoms. The van der Waals surface area contributed by atoms with E-state index in [1.807, 2.05) is 6.92 Å². The van der Waals surface area contributed by atoms with Crippen molar-refractivity contribution >= 4 is 28.4 Å². The zero-order valence-corrected chi connectivity index (χ0v) is 54.4. The van der Waals surface area contributed by atoms with Gasteiger partial charge in [0.1, 0.15) is 0 Å². The second-order valence-electron chi connectivity index (χ2n) is 4.64. The van der Waals surface area contributed by atoms with Crippen LogP contribution in [-0.4, -0.2) is 15.0 Å². The van der Waals surface area contributed by atoms with Crippen LogP contribution < -0.4 is 16.5 Å². The maximum atomic E-state index is 7.33. The predicted octanol–water partition coefficient (Wildman–Crippen LogP) is 2.06. The summed E-state index contributed by atoms with van der Waals surface area (Å²) in [4.78, 5) is 15.7. The number of hydrogen-bond acceptors (Lipinski definition) is 5. The molecule has 0 aliphatic heterocycles. The van der Waals surface area contributed by atoms with Gasteiger partial charge in [0.15, 0.2) is 0 Å². The van der Waals surface area contributed by atoms with Gasteiger partial charge in [-0.25, -0.2) is 5.69 Å². The summed E-state index contributed by atoms with van der Waals surface area (Å²) in [6.45, 7) is 11.1. The molecule has 0 amide bonds. The molecule has 0 unspecified atom stereocenters. The summed E-state index contributed by atoms with van der Waals surface area (Å²) in [6.07, 6.45) is 5.25. The molecule has 0 aliphatic rings. The van der Waals surface area contributed by atoms with Crippen LogP contribution in [0.4, 0.5) is 17.3 Å². The molecule has 3 heterocycles. The predicted molar refractivity (Wildman–Crippen MR) is 86.0 cm³/mol. The zero-order chi connectivity index (χ0) is 16.4. The van der Waals surface area contributed by atoms with E-state index in [1.165, 1.54) is 0 Å². The normalized spacial score (nSPS) is 5.95. The molecule has 0 saturated heterocycles. The fourth-order valence-electron chi connectivity index (χ4n) is 1.63. The standard InChI is InChI=1S/C8H7N4.C7H8N3.8V.8Y/c1-4-5(2)10-3-6-7(4)12-8(9)11-6;1-4-5(2)10-3-6(8)7(4)9;;;;;;;;;;;;;;;;/h1H2,2H3,(H2-,9,11,12);1,8H2,2H3,(H-,9,10);;;;;;;;;;;;;;;;/q2*-3;;;;;;;;;;;;;;;;. The van der Waals surface area contributed by atoms with E-state index < -0.39 is 0 Å². The number of fused-ring (bicyclic) bond motifs is 1. The molecule has 3 rings (SSSR count). The number of aromatic nitrogens is 4. The van der Waals surface area contributed by atoms with E-state index in [4.69, 9.17) is 17.2 Å². The molecule has 0 spiro atoms. The van der Waals surface area contributed by atoms with Crippen molar-refractivity contribution in [3.8, 4) is 0 Å². The van der Waals surface area contributed by atoms with Crippen molar-refractivity contribution in [2.75, 3.05) is 11.5 Å². The molecule has 0 saturated carbocycles. The van der Waals surface area contributed by atoms with Crippen LogP contribution >= 0.6 is 0 Å². The first-order valence-corrected chi connectivity index (χ1v) is 6.32. The number of anilines is 2. The minimum atomic E-state index is 0. The van der Waals surface area contributed by atoms with Gasteiger partial charge in [0, 0.05) is 410 Å². The average Bonchev–Trinajstić information content (AvgIpc) is 2.87. The Morgan fingerprint density at radius 1 is 0.658 bits per heavy atom. The average molecular weight is 1410 g/mol. The minimum Gasteiger partial charge on any atom is -0.756 e. The molecule has 0 aromatic carbocycles. The monoisotopic (exact) mass is 1410 g/mol. The molecule has 3 aromatic rings. The van der Waals surface area contributed by atoms with E-state index in [-0.39, 0.29) is 427 Å². The smallest absolute Gasteiger partial charge is 0 e. The second-order valence-corrected chi connectivity index (χ2v) is 4.64. The topological polar surface area (TPSA) is 129 Å². The summed E-state index contributed by atoms with van der Waals surface area (Å²) in [5.74, 6) is 0.249. The molecular weight excluding hydrogens is 1400 g/mol. The number of rotatable bonds is 0. The molecule has 0 atom stereocenters. The molecular formula is C15H15N7V8Y8-6. The van der Waals surface area contributed by atoms with Crippen molar-refractivity contribution in [2.45, 2.75) is 13.8 Å². The van der Waals surface area contributed by atoms with Gasteiger partial charge in [0.05, 0.1) is 0 Å². The van der Waals surface area contributed by atoms with Crippen LogP contribution in [0.1, 0.15) is 22.5 Å². The van der Waals surface area contributed by atoms with Crippen LogP contribution in [0.5, 0.6) is 0 Å². The van der Waals surface area contributed by atoms with Gasteiger partial charge in [-0.05, 0) is 5.95 Å². The Morgan fingerprint density at radius 2 is 1.00 bits per heavy atom. The third kappa shape index (κ3) is 34.8. The van der Waals surface area contributed by atoms with Crippen molar-refractivity contribution < 1.29 is 410 Å². The zero-order valence-electron chi connectivity index (χ0n) is 20.6. The molecule has 7 nitrogen and oxygen atoms in total. The number of nitrogens with two attached hydrogens (primary N) is 2. The van der Waals surface area contributed by atoms with Gasteiger partial charge >= 0.3 is 0 Å². The fourth-order valence-corrected chi connectivity index (χ4v) is 1.63.